The second-order valence-electron chi connectivity index (χ2n) is 3.04. The lowest BCUT2D eigenvalue weighted by atomic mass is 10.2. The van der Waals surface area contributed by atoms with Gasteiger partial charge in [0.1, 0.15) is 0 Å². The minimum Gasteiger partial charge on any atom is -0.380 e. The molecule has 0 aromatic carbocycles. The molecule has 2 nitrogen and oxygen atoms in total. The summed E-state index contributed by atoms with van der Waals surface area (Å²) in [7, 11) is 0. The zero-order valence-electron chi connectivity index (χ0n) is 8.26. The summed E-state index contributed by atoms with van der Waals surface area (Å²) in [6.07, 6.45) is 5.96. The fourth-order valence-electron chi connectivity index (χ4n) is 1.06. The summed E-state index contributed by atoms with van der Waals surface area (Å²) in [5.41, 5.74) is 0. The molecule has 0 aliphatic rings. The molecule has 2 atom stereocenters. The molecule has 0 bridgehead atoms. The van der Waals surface area contributed by atoms with Gasteiger partial charge in [-0.1, -0.05) is 0 Å². The number of nitrogens with one attached hydrogen (secondary N) is 1. The van der Waals surface area contributed by atoms with E-state index in [0.29, 0.717) is 12.1 Å². The highest BCUT2D eigenvalue weighted by Gasteiger charge is 2.05. The van der Waals surface area contributed by atoms with Crippen molar-refractivity contribution in [1.29, 1.82) is 0 Å². The van der Waals surface area contributed by atoms with Gasteiger partial charge in [0.05, 0.1) is 6.61 Å². The fourth-order valence-corrected chi connectivity index (χ4v) is 1.06. The molecule has 70 valence electrons. The van der Waals surface area contributed by atoms with Gasteiger partial charge >= 0.3 is 0 Å². The molecule has 0 saturated carbocycles. The first kappa shape index (κ1) is 11.5. The normalized spacial score (nSPS) is 15.2. The number of hydrogen-bond acceptors (Lipinski definition) is 2. The largest absolute Gasteiger partial charge is 0.380 e. The second-order valence-corrected chi connectivity index (χ2v) is 3.04. The molecule has 0 amide bonds. The lowest BCUT2D eigenvalue weighted by Crippen LogP contribution is -2.37. The molecule has 2 unspecified atom stereocenters. The van der Waals surface area contributed by atoms with E-state index in [0.717, 1.165) is 19.6 Å². The number of ether oxygens (including phenoxy) is 1. The van der Waals surface area contributed by atoms with Gasteiger partial charge in [-0.25, -0.2) is 0 Å². The third-order valence-corrected chi connectivity index (χ3v) is 1.57. The van der Waals surface area contributed by atoms with Gasteiger partial charge in [0.2, 0.25) is 0 Å². The number of rotatable bonds is 6. The van der Waals surface area contributed by atoms with E-state index in [1.54, 1.807) is 0 Å². The predicted octanol–water partition coefficient (Wildman–Crippen LogP) is 1.41. The van der Waals surface area contributed by atoms with Crippen molar-refractivity contribution in [1.82, 2.24) is 5.32 Å². The third kappa shape index (κ3) is 6.21. The molecule has 12 heavy (non-hydrogen) atoms. The molecular formula is C10H19NO. The van der Waals surface area contributed by atoms with Crippen LogP contribution in [0.15, 0.2) is 0 Å². The first-order valence-electron chi connectivity index (χ1n) is 4.48. The van der Waals surface area contributed by atoms with Gasteiger partial charge in [-0.3, -0.25) is 0 Å². The Morgan fingerprint density at radius 1 is 1.42 bits per heavy atom. The summed E-state index contributed by atoms with van der Waals surface area (Å²) in [6, 6.07) is 0.763. The van der Waals surface area contributed by atoms with E-state index >= 15 is 0 Å². The van der Waals surface area contributed by atoms with Crippen molar-refractivity contribution in [2.75, 3.05) is 13.2 Å². The summed E-state index contributed by atoms with van der Waals surface area (Å²) >= 11 is 0. The van der Waals surface area contributed by atoms with Crippen molar-refractivity contribution < 1.29 is 4.74 Å². The van der Waals surface area contributed by atoms with Crippen LogP contribution < -0.4 is 5.32 Å². The van der Waals surface area contributed by atoms with E-state index in [9.17, 15) is 0 Å². The van der Waals surface area contributed by atoms with Crippen molar-refractivity contribution in [2.45, 2.75) is 39.3 Å². The van der Waals surface area contributed by atoms with Crippen molar-refractivity contribution in [3.05, 3.63) is 0 Å². The van der Waals surface area contributed by atoms with Crippen molar-refractivity contribution >= 4 is 0 Å². The quantitative estimate of drug-likeness (QED) is 0.607. The highest BCUT2D eigenvalue weighted by molar-refractivity contribution is 4.88. The molecule has 1 N–H and O–H groups in total. The highest BCUT2D eigenvalue weighted by Crippen LogP contribution is 1.92. The Hall–Kier alpha value is -0.520. The van der Waals surface area contributed by atoms with Gasteiger partial charge in [0.15, 0.2) is 0 Å². The smallest absolute Gasteiger partial charge is 0.0616 e. The van der Waals surface area contributed by atoms with Crippen LogP contribution in [0.25, 0.3) is 0 Å². The molecule has 0 radical (unpaired) electrons. The predicted molar refractivity (Wildman–Crippen MR) is 52.0 cm³/mol. The van der Waals surface area contributed by atoms with Gasteiger partial charge in [-0.2, -0.15) is 0 Å². The van der Waals surface area contributed by atoms with Gasteiger partial charge < -0.3 is 10.1 Å². The Morgan fingerprint density at radius 3 is 2.58 bits per heavy atom. The molecule has 0 saturated heterocycles. The lowest BCUT2D eigenvalue weighted by molar-refractivity contribution is 0.124. The average Bonchev–Trinajstić information content (AvgIpc) is 2.01. The van der Waals surface area contributed by atoms with E-state index in [4.69, 9.17) is 11.2 Å². The summed E-state index contributed by atoms with van der Waals surface area (Å²) in [5.74, 6) is 2.63. The molecule has 0 rings (SSSR count). The van der Waals surface area contributed by atoms with Crippen LogP contribution in [0, 0.1) is 12.3 Å². The van der Waals surface area contributed by atoms with E-state index in [-0.39, 0.29) is 0 Å². The van der Waals surface area contributed by atoms with Crippen LogP contribution in [0.1, 0.15) is 27.2 Å². The van der Waals surface area contributed by atoms with Gasteiger partial charge in [-0.15, -0.1) is 12.3 Å². The van der Waals surface area contributed by atoms with Gasteiger partial charge in [0, 0.05) is 25.1 Å². The fraction of sp³-hybridized carbons (Fsp3) is 0.800. The molecule has 0 aliphatic carbocycles. The Labute approximate surface area is 75.7 Å². The third-order valence-electron chi connectivity index (χ3n) is 1.57. The maximum absolute atomic E-state index is 5.26. The molecular weight excluding hydrogens is 150 g/mol. The molecule has 0 aromatic rings. The number of hydrogen-bond donors (Lipinski definition) is 1. The number of terminal acetylenes is 1. The van der Waals surface area contributed by atoms with E-state index in [2.05, 4.69) is 25.1 Å². The van der Waals surface area contributed by atoms with Gasteiger partial charge in [-0.05, 0) is 20.8 Å². The van der Waals surface area contributed by atoms with Crippen LogP contribution in [-0.4, -0.2) is 25.3 Å². The monoisotopic (exact) mass is 169 g/mol. The molecule has 0 aromatic heterocycles. The average molecular weight is 169 g/mol. The lowest BCUT2D eigenvalue weighted by Gasteiger charge is -2.17. The van der Waals surface area contributed by atoms with Crippen LogP contribution in [0.5, 0.6) is 0 Å². The van der Waals surface area contributed by atoms with Crippen LogP contribution >= 0.6 is 0 Å². The van der Waals surface area contributed by atoms with Crippen LogP contribution in [0.3, 0.4) is 0 Å². The Morgan fingerprint density at radius 2 is 2.08 bits per heavy atom. The first-order valence-corrected chi connectivity index (χ1v) is 4.48. The first-order chi connectivity index (χ1) is 5.70. The SMILES string of the molecule is C#CCC(C)NC(C)COCC. The van der Waals surface area contributed by atoms with Crippen LogP contribution in [0.2, 0.25) is 0 Å². The molecule has 0 heterocycles. The van der Waals surface area contributed by atoms with Crippen molar-refractivity contribution in [2.24, 2.45) is 0 Å². The van der Waals surface area contributed by atoms with Crippen LogP contribution in [-0.2, 0) is 4.74 Å². The van der Waals surface area contributed by atoms with E-state index in [1.807, 2.05) is 6.92 Å². The Kier molecular flexibility index (Phi) is 6.84. The van der Waals surface area contributed by atoms with E-state index < -0.39 is 0 Å². The van der Waals surface area contributed by atoms with Crippen molar-refractivity contribution in [3.63, 3.8) is 0 Å². The highest BCUT2D eigenvalue weighted by atomic mass is 16.5. The molecule has 0 aliphatic heterocycles. The Balaban J connectivity index is 3.41. The summed E-state index contributed by atoms with van der Waals surface area (Å²) in [5, 5.41) is 3.35. The zero-order chi connectivity index (χ0) is 9.40. The zero-order valence-corrected chi connectivity index (χ0v) is 8.26. The summed E-state index contributed by atoms with van der Waals surface area (Å²) in [6.45, 7) is 7.71. The second kappa shape index (κ2) is 7.15. The summed E-state index contributed by atoms with van der Waals surface area (Å²) < 4.78 is 5.26. The molecule has 2 heteroatoms. The van der Waals surface area contributed by atoms with Crippen LogP contribution in [0.4, 0.5) is 0 Å². The minimum atomic E-state index is 0.380. The summed E-state index contributed by atoms with van der Waals surface area (Å²) in [4.78, 5) is 0. The minimum absolute atomic E-state index is 0.380. The molecule has 0 fully saturated rings. The Bertz CT molecular complexity index is 139. The maximum atomic E-state index is 5.26. The van der Waals surface area contributed by atoms with Gasteiger partial charge in [0.25, 0.3) is 0 Å². The standard InChI is InChI=1S/C10H19NO/c1-5-7-9(3)11-10(4)8-12-6-2/h1,9-11H,6-8H2,2-4H3. The van der Waals surface area contributed by atoms with E-state index in [1.165, 1.54) is 0 Å². The molecule has 0 spiro atoms. The topological polar surface area (TPSA) is 21.3 Å². The maximum Gasteiger partial charge on any atom is 0.0616 e. The van der Waals surface area contributed by atoms with Crippen molar-refractivity contribution in [3.8, 4) is 12.3 Å².